The first kappa shape index (κ1) is 22.2. The molecule has 0 radical (unpaired) electrons. The Morgan fingerprint density at radius 3 is 2.57 bits per heavy atom. The van der Waals surface area contributed by atoms with Crippen LogP contribution < -0.4 is 15.4 Å². The molecule has 1 aromatic heterocycles. The van der Waals surface area contributed by atoms with Gasteiger partial charge in [-0.15, -0.1) is 6.42 Å². The van der Waals surface area contributed by atoms with E-state index in [2.05, 4.69) is 21.5 Å². The minimum Gasteiger partial charge on any atom is -0.482 e. The molecule has 8 heteroatoms. The van der Waals surface area contributed by atoms with Crippen molar-refractivity contribution in [3.05, 3.63) is 83.0 Å². The van der Waals surface area contributed by atoms with Crippen LogP contribution >= 0.6 is 0 Å². The van der Waals surface area contributed by atoms with Gasteiger partial charge >= 0.3 is 0 Å². The normalized spacial score (nSPS) is 14.1. The van der Waals surface area contributed by atoms with Gasteiger partial charge < -0.3 is 20.3 Å². The van der Waals surface area contributed by atoms with Crippen molar-refractivity contribution in [1.82, 2.24) is 9.88 Å². The fourth-order valence-electron chi connectivity index (χ4n) is 3.83. The minimum absolute atomic E-state index is 0.0663. The van der Waals surface area contributed by atoms with Crippen LogP contribution in [0.25, 0.3) is 0 Å². The van der Waals surface area contributed by atoms with Gasteiger partial charge in [0.25, 0.3) is 17.7 Å². The number of amides is 3. The van der Waals surface area contributed by atoms with Gasteiger partial charge in [-0.2, -0.15) is 0 Å². The molecule has 0 atom stereocenters. The van der Waals surface area contributed by atoms with Gasteiger partial charge in [0.2, 0.25) is 0 Å². The van der Waals surface area contributed by atoms with Crippen LogP contribution in [0.1, 0.15) is 44.7 Å². The number of anilines is 2. The molecule has 35 heavy (non-hydrogen) atoms. The first-order valence-electron chi connectivity index (χ1n) is 11.2. The Labute approximate surface area is 202 Å². The van der Waals surface area contributed by atoms with Gasteiger partial charge in [0, 0.05) is 35.5 Å². The lowest BCUT2D eigenvalue weighted by molar-refractivity contribution is -0.118. The van der Waals surface area contributed by atoms with Gasteiger partial charge in [0.1, 0.15) is 11.6 Å². The highest BCUT2D eigenvalue weighted by Gasteiger charge is 2.33. The average molecular weight is 466 g/mol. The van der Waals surface area contributed by atoms with Crippen LogP contribution in [-0.2, 0) is 11.3 Å². The lowest BCUT2D eigenvalue weighted by Gasteiger charge is -2.24. The Balaban J connectivity index is 1.26. The zero-order valence-corrected chi connectivity index (χ0v) is 18.8. The fourth-order valence-corrected chi connectivity index (χ4v) is 3.83. The summed E-state index contributed by atoms with van der Waals surface area (Å²) in [4.78, 5) is 43.3. The van der Waals surface area contributed by atoms with Crippen molar-refractivity contribution in [2.45, 2.75) is 25.4 Å². The minimum atomic E-state index is -0.284. The molecule has 0 bridgehead atoms. The summed E-state index contributed by atoms with van der Waals surface area (Å²) in [5.74, 6) is 2.79. The summed E-state index contributed by atoms with van der Waals surface area (Å²) in [6.07, 6.45) is 8.75. The van der Waals surface area contributed by atoms with Gasteiger partial charge in [-0.3, -0.25) is 14.4 Å². The van der Waals surface area contributed by atoms with E-state index in [0.29, 0.717) is 40.5 Å². The van der Waals surface area contributed by atoms with Gasteiger partial charge in [-0.25, -0.2) is 4.98 Å². The number of carbonyl (C=O) groups is 3. The summed E-state index contributed by atoms with van der Waals surface area (Å²) < 4.78 is 5.46. The second-order valence-electron chi connectivity index (χ2n) is 8.44. The van der Waals surface area contributed by atoms with Crippen molar-refractivity contribution < 1.29 is 19.1 Å². The molecule has 1 fully saturated rings. The van der Waals surface area contributed by atoms with Gasteiger partial charge in [0.15, 0.2) is 6.61 Å². The summed E-state index contributed by atoms with van der Waals surface area (Å²) in [6, 6.07) is 15.7. The lowest BCUT2D eigenvalue weighted by atomic mass is 10.1. The number of nitrogens with one attached hydrogen (secondary N) is 2. The van der Waals surface area contributed by atoms with E-state index in [-0.39, 0.29) is 30.4 Å². The first-order chi connectivity index (χ1) is 17.0. The number of terminal acetylenes is 1. The molecule has 1 saturated carbocycles. The SMILES string of the molecule is C#Cc1ccc(NC(=O)c2ccc(CN(C(=O)c3ccc4c(c3)OCC(=O)N4)C3CC3)cc2)nc1. The van der Waals surface area contributed by atoms with Crippen LogP contribution in [-0.4, -0.2) is 40.3 Å². The van der Waals surface area contributed by atoms with Gasteiger partial charge in [-0.1, -0.05) is 18.1 Å². The molecule has 0 saturated heterocycles. The van der Waals surface area contributed by atoms with Crippen LogP contribution in [0.15, 0.2) is 60.8 Å². The molecule has 2 heterocycles. The third kappa shape index (κ3) is 4.99. The molecule has 1 aliphatic carbocycles. The molecule has 1 aliphatic heterocycles. The Morgan fingerprint density at radius 2 is 1.89 bits per heavy atom. The van der Waals surface area contributed by atoms with Gasteiger partial charge in [-0.05, 0) is 60.9 Å². The van der Waals surface area contributed by atoms with Crippen molar-refractivity contribution in [3.63, 3.8) is 0 Å². The number of rotatable bonds is 6. The molecule has 2 N–H and O–H groups in total. The fraction of sp³-hybridized carbons (Fsp3) is 0.185. The predicted molar refractivity (Wildman–Crippen MR) is 130 cm³/mol. The number of hydrogen-bond acceptors (Lipinski definition) is 5. The van der Waals surface area contributed by atoms with E-state index < -0.39 is 0 Å². The van der Waals surface area contributed by atoms with Crippen molar-refractivity contribution in [2.75, 3.05) is 17.2 Å². The van der Waals surface area contributed by atoms with E-state index in [1.807, 2.05) is 17.0 Å². The molecule has 0 spiro atoms. The van der Waals surface area contributed by atoms with Crippen LogP contribution in [0.3, 0.4) is 0 Å². The van der Waals surface area contributed by atoms with Crippen molar-refractivity contribution in [1.29, 1.82) is 0 Å². The van der Waals surface area contributed by atoms with Crippen molar-refractivity contribution >= 4 is 29.2 Å². The monoisotopic (exact) mass is 466 g/mol. The quantitative estimate of drug-likeness (QED) is 0.542. The maximum absolute atomic E-state index is 13.3. The third-order valence-corrected chi connectivity index (χ3v) is 5.85. The molecule has 5 rings (SSSR count). The number of pyridine rings is 1. The smallest absolute Gasteiger partial charge is 0.262 e. The Hall–Kier alpha value is -4.64. The van der Waals surface area contributed by atoms with Crippen molar-refractivity contribution in [3.8, 4) is 18.1 Å². The highest BCUT2D eigenvalue weighted by atomic mass is 16.5. The zero-order valence-electron chi connectivity index (χ0n) is 18.8. The number of aromatic nitrogens is 1. The second kappa shape index (κ2) is 9.31. The average Bonchev–Trinajstić information content (AvgIpc) is 3.73. The second-order valence-corrected chi connectivity index (χ2v) is 8.44. The predicted octanol–water partition coefficient (Wildman–Crippen LogP) is 3.45. The molecule has 8 nitrogen and oxygen atoms in total. The maximum Gasteiger partial charge on any atom is 0.262 e. The van der Waals surface area contributed by atoms with Crippen molar-refractivity contribution in [2.24, 2.45) is 0 Å². The number of nitrogens with zero attached hydrogens (tertiary/aromatic N) is 2. The van der Waals surface area contributed by atoms with Crippen LogP contribution in [0.4, 0.5) is 11.5 Å². The van der Waals surface area contributed by atoms with E-state index in [1.165, 1.54) is 6.20 Å². The summed E-state index contributed by atoms with van der Waals surface area (Å²) in [7, 11) is 0. The molecule has 2 aromatic carbocycles. The number of ether oxygens (including phenoxy) is 1. The van der Waals surface area contributed by atoms with Crippen LogP contribution in [0.2, 0.25) is 0 Å². The maximum atomic E-state index is 13.3. The molecule has 0 unspecified atom stereocenters. The van der Waals surface area contributed by atoms with E-state index >= 15 is 0 Å². The molecular formula is C27H22N4O4. The molecule has 2 aliphatic rings. The summed E-state index contributed by atoms with van der Waals surface area (Å²) in [6.45, 7) is 0.359. The Kier molecular flexibility index (Phi) is 5.90. The van der Waals surface area contributed by atoms with E-state index in [4.69, 9.17) is 11.2 Å². The van der Waals surface area contributed by atoms with E-state index in [0.717, 1.165) is 18.4 Å². The summed E-state index contributed by atoms with van der Waals surface area (Å²) >= 11 is 0. The molecule has 3 amide bonds. The molecular weight excluding hydrogens is 444 g/mol. The number of fused-ring (bicyclic) bond motifs is 1. The van der Waals surface area contributed by atoms with Crippen LogP contribution in [0.5, 0.6) is 5.75 Å². The largest absolute Gasteiger partial charge is 0.482 e. The number of carbonyl (C=O) groups excluding carboxylic acids is 3. The standard InChI is InChI=1S/C27H22N4O4/c1-2-17-5-12-24(28-14-17)30-26(33)19-6-3-18(4-7-19)15-31(21-9-10-21)27(34)20-8-11-22-23(13-20)35-16-25(32)29-22/h1,3-8,11-14,21H,9-10,15-16H2,(H,29,32)(H,28,30,33). The number of hydrogen-bond donors (Lipinski definition) is 2. The summed E-state index contributed by atoms with van der Waals surface area (Å²) in [5.41, 5.74) is 3.10. The summed E-state index contributed by atoms with van der Waals surface area (Å²) in [5, 5.41) is 5.48. The lowest BCUT2D eigenvalue weighted by Crippen LogP contribution is -2.33. The van der Waals surface area contributed by atoms with Gasteiger partial charge in [0.05, 0.1) is 5.69 Å². The van der Waals surface area contributed by atoms with E-state index in [1.54, 1.807) is 42.5 Å². The topological polar surface area (TPSA) is 101 Å². The molecule has 174 valence electrons. The molecule has 3 aromatic rings. The third-order valence-electron chi connectivity index (χ3n) is 5.85. The van der Waals surface area contributed by atoms with E-state index in [9.17, 15) is 14.4 Å². The Bertz CT molecular complexity index is 1340. The highest BCUT2D eigenvalue weighted by Crippen LogP contribution is 2.33. The number of benzene rings is 2. The zero-order chi connectivity index (χ0) is 24.4. The highest BCUT2D eigenvalue weighted by molar-refractivity contribution is 6.03. The van der Waals surface area contributed by atoms with Crippen LogP contribution in [0, 0.1) is 12.3 Å². The Morgan fingerprint density at radius 1 is 1.11 bits per heavy atom. The first-order valence-corrected chi connectivity index (χ1v) is 11.2.